The van der Waals surface area contributed by atoms with Crippen molar-refractivity contribution in [2.75, 3.05) is 13.2 Å². The van der Waals surface area contributed by atoms with E-state index in [0.717, 1.165) is 18.2 Å². The quantitative estimate of drug-likeness (QED) is 0.105. The predicted molar refractivity (Wildman–Crippen MR) is 138 cm³/mol. The second kappa shape index (κ2) is 13.3. The van der Waals surface area contributed by atoms with Gasteiger partial charge in [-0.05, 0) is 23.8 Å². The largest absolute Gasteiger partial charge is 0.508 e. The highest BCUT2D eigenvalue weighted by atomic mass is 16.7. The molecule has 15 nitrogen and oxygen atoms in total. The van der Waals surface area contributed by atoms with Crippen LogP contribution in [0.15, 0.2) is 42.5 Å². The van der Waals surface area contributed by atoms with E-state index in [1.807, 2.05) is 0 Å². The van der Waals surface area contributed by atoms with E-state index in [1.165, 1.54) is 30.3 Å². The Bertz CT molecular complexity index is 1250. The van der Waals surface area contributed by atoms with Gasteiger partial charge in [-0.2, -0.15) is 0 Å². The van der Waals surface area contributed by atoms with E-state index in [4.69, 9.17) is 18.9 Å². The minimum Gasteiger partial charge on any atom is -0.508 e. The smallest absolute Gasteiger partial charge is 0.229 e. The molecule has 0 aromatic heterocycles. The zero-order valence-corrected chi connectivity index (χ0v) is 21.8. The van der Waals surface area contributed by atoms with Crippen molar-refractivity contribution in [2.45, 2.75) is 61.4 Å². The molecule has 2 saturated heterocycles. The van der Waals surface area contributed by atoms with Crippen LogP contribution in [0.25, 0.3) is 6.08 Å². The summed E-state index contributed by atoms with van der Waals surface area (Å²) in [5.41, 5.74) is 0.0442. The molecule has 2 aromatic rings. The van der Waals surface area contributed by atoms with Crippen LogP contribution in [0.4, 0.5) is 0 Å². The summed E-state index contributed by atoms with van der Waals surface area (Å²) in [6.45, 7) is -1.50. The Hall–Kier alpha value is -3.35. The molecule has 0 amide bonds. The lowest BCUT2D eigenvalue weighted by Crippen LogP contribution is -2.60. The van der Waals surface area contributed by atoms with Gasteiger partial charge in [0.15, 0.2) is 5.78 Å². The van der Waals surface area contributed by atoms with E-state index >= 15 is 0 Å². The third-order valence-corrected chi connectivity index (χ3v) is 6.81. The molecule has 4 rings (SSSR count). The second-order valence-corrected chi connectivity index (χ2v) is 9.73. The summed E-state index contributed by atoms with van der Waals surface area (Å²) in [5, 5.41) is 100. The number of hydrogen-bond donors (Lipinski definition) is 10. The molecule has 2 aliphatic rings. The first-order valence-electron chi connectivity index (χ1n) is 12.8. The summed E-state index contributed by atoms with van der Waals surface area (Å²) in [5.74, 6) is -2.33. The summed E-state index contributed by atoms with van der Waals surface area (Å²) in [4.78, 5) is 13.2. The maximum Gasteiger partial charge on any atom is 0.229 e. The molecule has 2 heterocycles. The molecule has 0 bridgehead atoms. The first kappa shape index (κ1) is 31.6. The first-order valence-corrected chi connectivity index (χ1v) is 12.8. The van der Waals surface area contributed by atoms with E-state index in [2.05, 4.69) is 0 Å². The fraction of sp³-hybridized carbons (Fsp3) is 0.444. The van der Waals surface area contributed by atoms with Gasteiger partial charge in [-0.1, -0.05) is 18.2 Å². The topological polar surface area (TPSA) is 256 Å². The van der Waals surface area contributed by atoms with Gasteiger partial charge in [0.1, 0.15) is 77.4 Å². The van der Waals surface area contributed by atoms with Crippen LogP contribution in [0.3, 0.4) is 0 Å². The zero-order valence-electron chi connectivity index (χ0n) is 21.8. The first-order chi connectivity index (χ1) is 19.9. The summed E-state index contributed by atoms with van der Waals surface area (Å²) in [6.07, 6.45) is -14.3. The van der Waals surface area contributed by atoms with Crippen molar-refractivity contribution >= 4 is 11.9 Å². The molecule has 0 radical (unpaired) electrons. The number of carbonyl (C=O) groups is 1. The highest BCUT2D eigenvalue weighted by Gasteiger charge is 2.46. The monoisotopic (exact) mass is 596 g/mol. The molecule has 15 heteroatoms. The molecular weight excluding hydrogens is 564 g/mol. The second-order valence-electron chi connectivity index (χ2n) is 9.73. The summed E-state index contributed by atoms with van der Waals surface area (Å²) in [7, 11) is 0. The normalized spacial score (nSPS) is 33.4. The zero-order chi connectivity index (χ0) is 30.7. The molecule has 0 aliphatic carbocycles. The Balaban J connectivity index is 1.68. The number of allylic oxidation sites excluding steroid dienone is 1. The van der Waals surface area contributed by atoms with Crippen LogP contribution >= 0.6 is 0 Å². The van der Waals surface area contributed by atoms with E-state index in [-0.39, 0.29) is 11.5 Å². The van der Waals surface area contributed by atoms with Crippen molar-refractivity contribution in [1.29, 1.82) is 0 Å². The molecular formula is C27H32O15. The highest BCUT2D eigenvalue weighted by Crippen LogP contribution is 2.37. The lowest BCUT2D eigenvalue weighted by molar-refractivity contribution is -0.278. The lowest BCUT2D eigenvalue weighted by Gasteiger charge is -2.40. The third-order valence-electron chi connectivity index (χ3n) is 6.81. The van der Waals surface area contributed by atoms with Crippen molar-refractivity contribution in [3.05, 3.63) is 53.6 Å². The minimum absolute atomic E-state index is 0.00123. The number of hydrogen-bond acceptors (Lipinski definition) is 15. The van der Waals surface area contributed by atoms with Crippen molar-refractivity contribution in [3.8, 4) is 23.0 Å². The maximum absolute atomic E-state index is 13.2. The number of rotatable bonds is 9. The number of ether oxygens (including phenoxy) is 4. The van der Waals surface area contributed by atoms with Gasteiger partial charge >= 0.3 is 0 Å². The number of ketones is 1. The Labute approximate surface area is 238 Å². The molecule has 42 heavy (non-hydrogen) atoms. The Morgan fingerprint density at radius 2 is 1.26 bits per heavy atom. The molecule has 0 saturated carbocycles. The molecule has 2 aromatic carbocycles. The van der Waals surface area contributed by atoms with Crippen LogP contribution in [0, 0.1) is 0 Å². The molecule has 10 atom stereocenters. The molecule has 2 aliphatic heterocycles. The van der Waals surface area contributed by atoms with Gasteiger partial charge in [-0.15, -0.1) is 0 Å². The predicted octanol–water partition coefficient (Wildman–Crippen LogP) is -2.65. The lowest BCUT2D eigenvalue weighted by atomic mass is 9.99. The Morgan fingerprint density at radius 1 is 0.738 bits per heavy atom. The van der Waals surface area contributed by atoms with Gasteiger partial charge in [-0.3, -0.25) is 4.79 Å². The van der Waals surface area contributed by atoms with Crippen LogP contribution in [-0.2, 0) is 9.47 Å². The van der Waals surface area contributed by atoms with Crippen LogP contribution in [-0.4, -0.2) is 131 Å². The van der Waals surface area contributed by atoms with E-state index < -0.39 is 97.5 Å². The average molecular weight is 597 g/mol. The Morgan fingerprint density at radius 3 is 1.79 bits per heavy atom. The molecule has 2 fully saturated rings. The number of aliphatic hydroxyl groups excluding tert-OH is 8. The van der Waals surface area contributed by atoms with Crippen LogP contribution in [0.5, 0.6) is 23.0 Å². The van der Waals surface area contributed by atoms with E-state index in [9.17, 15) is 55.9 Å². The van der Waals surface area contributed by atoms with Gasteiger partial charge in [0, 0.05) is 12.1 Å². The van der Waals surface area contributed by atoms with Gasteiger partial charge in [0.05, 0.1) is 13.2 Å². The van der Waals surface area contributed by atoms with Crippen LogP contribution in [0.2, 0.25) is 0 Å². The van der Waals surface area contributed by atoms with Crippen molar-refractivity contribution in [1.82, 2.24) is 0 Å². The van der Waals surface area contributed by atoms with Crippen molar-refractivity contribution in [2.24, 2.45) is 0 Å². The van der Waals surface area contributed by atoms with Gasteiger partial charge < -0.3 is 70.0 Å². The number of carbonyl (C=O) groups excluding carboxylic acids is 1. The molecule has 0 spiro atoms. The van der Waals surface area contributed by atoms with Crippen LogP contribution < -0.4 is 9.47 Å². The third kappa shape index (κ3) is 6.66. The highest BCUT2D eigenvalue weighted by molar-refractivity contribution is 6.10. The SMILES string of the molecule is O=C(C=Cc1ccc(O)cc1)c1c(O)cc(O[C@H]2O[C@@H](CO)[C@H](O)[C@@H](O)[C@@H]2O)cc1O[C@@H]1O[C@H](CO)[C@@H](O)[C@@H](O)[C@H]1O. The molecule has 10 N–H and O–H groups in total. The van der Waals surface area contributed by atoms with Gasteiger partial charge in [0.2, 0.25) is 12.6 Å². The number of aliphatic hydroxyl groups is 8. The van der Waals surface area contributed by atoms with Gasteiger partial charge in [0.25, 0.3) is 0 Å². The minimum atomic E-state index is -1.88. The number of phenolic OH excluding ortho intramolecular Hbond substituents is 2. The standard InChI is InChI=1S/C27H32O15/c28-9-17-20(33)22(35)24(37)26(41-17)39-13-7-15(32)19(14(31)6-3-11-1-4-12(30)5-2-11)16(8-13)40-27-25(38)23(36)21(34)18(10-29)42-27/h1-8,17-18,20-30,32-38H,9-10H2/t17-,18+,20-,21+,22+,23+,24-,25+,26-,27+/m0/s1. The van der Waals surface area contributed by atoms with E-state index in [1.54, 1.807) is 0 Å². The number of benzene rings is 2. The van der Waals surface area contributed by atoms with E-state index in [0.29, 0.717) is 5.56 Å². The van der Waals surface area contributed by atoms with Gasteiger partial charge in [-0.25, -0.2) is 0 Å². The summed E-state index contributed by atoms with van der Waals surface area (Å²) < 4.78 is 21.8. The molecule has 0 unspecified atom stereocenters. The summed E-state index contributed by atoms with van der Waals surface area (Å²) >= 11 is 0. The fourth-order valence-electron chi connectivity index (χ4n) is 4.41. The Kier molecular flexibility index (Phi) is 10.0. The van der Waals surface area contributed by atoms with Crippen molar-refractivity contribution in [3.63, 3.8) is 0 Å². The average Bonchev–Trinajstić information content (AvgIpc) is 2.97. The van der Waals surface area contributed by atoms with Crippen LogP contribution in [0.1, 0.15) is 15.9 Å². The maximum atomic E-state index is 13.2. The number of phenols is 2. The number of aromatic hydroxyl groups is 2. The van der Waals surface area contributed by atoms with Crippen molar-refractivity contribution < 1.29 is 74.8 Å². The molecule has 230 valence electrons. The summed E-state index contributed by atoms with van der Waals surface area (Å²) in [6, 6.07) is 7.79. The fourth-order valence-corrected chi connectivity index (χ4v) is 4.41.